The van der Waals surface area contributed by atoms with E-state index in [1.807, 2.05) is 37.3 Å². The first kappa shape index (κ1) is 21.3. The van der Waals surface area contributed by atoms with Gasteiger partial charge >= 0.3 is 0 Å². The van der Waals surface area contributed by atoms with Crippen molar-refractivity contribution in [3.8, 4) is 5.75 Å². The summed E-state index contributed by atoms with van der Waals surface area (Å²) in [4.78, 5) is 15.2. The molecule has 0 saturated heterocycles. The second kappa shape index (κ2) is 8.95. The van der Waals surface area contributed by atoms with E-state index in [-0.39, 0.29) is 36.3 Å². The Kier molecular flexibility index (Phi) is 6.81. The minimum atomic E-state index is -0.552. The van der Waals surface area contributed by atoms with E-state index in [0.717, 1.165) is 37.0 Å². The molecule has 1 fully saturated rings. The molecule has 1 aromatic carbocycles. The zero-order valence-corrected chi connectivity index (χ0v) is 17.9. The van der Waals surface area contributed by atoms with E-state index in [4.69, 9.17) is 4.74 Å². The van der Waals surface area contributed by atoms with Crippen molar-refractivity contribution in [1.82, 2.24) is 5.32 Å². The average molecular weight is 422 g/mol. The Bertz CT molecular complexity index is 820. The molecule has 4 nitrogen and oxygen atoms in total. The van der Waals surface area contributed by atoms with Crippen LogP contribution in [-0.2, 0) is 6.42 Å². The monoisotopic (exact) mass is 421 g/mol. The van der Waals surface area contributed by atoms with Gasteiger partial charge in [0.1, 0.15) is 18.0 Å². The molecule has 0 aliphatic heterocycles. The van der Waals surface area contributed by atoms with Crippen LogP contribution in [0.15, 0.2) is 30.3 Å². The van der Waals surface area contributed by atoms with E-state index in [2.05, 4.69) is 12.2 Å². The van der Waals surface area contributed by atoms with Crippen LogP contribution in [0, 0.1) is 19.8 Å². The molecule has 0 bridgehead atoms. The number of hydrogen-bond donors (Lipinski definition) is 2. The first-order chi connectivity index (χ1) is 13.0. The lowest BCUT2D eigenvalue weighted by Crippen LogP contribution is -2.44. The molecule has 1 aromatic heterocycles. The fourth-order valence-electron chi connectivity index (χ4n) is 4.19. The fourth-order valence-corrected chi connectivity index (χ4v) is 5.24. The van der Waals surface area contributed by atoms with E-state index < -0.39 is 6.10 Å². The molecule has 1 saturated carbocycles. The van der Waals surface area contributed by atoms with E-state index in [0.29, 0.717) is 6.54 Å². The predicted molar refractivity (Wildman–Crippen MR) is 115 cm³/mol. The Morgan fingerprint density at radius 2 is 1.93 bits per heavy atom. The minimum absolute atomic E-state index is 0. The van der Waals surface area contributed by atoms with Crippen LogP contribution in [-0.4, -0.2) is 35.7 Å². The molecule has 2 aliphatic rings. The van der Waals surface area contributed by atoms with Crippen molar-refractivity contribution in [3.63, 3.8) is 0 Å². The highest BCUT2D eigenvalue weighted by molar-refractivity contribution is 7.12. The molecule has 0 amide bonds. The lowest BCUT2D eigenvalue weighted by molar-refractivity contribution is 0.0441. The summed E-state index contributed by atoms with van der Waals surface area (Å²) in [5.41, 5.74) is 2.11. The van der Waals surface area contributed by atoms with Gasteiger partial charge in [-0.15, -0.1) is 23.7 Å². The Balaban J connectivity index is 0.00000225. The third-order valence-corrected chi connectivity index (χ3v) is 6.89. The third-order valence-electron chi connectivity index (χ3n) is 5.78. The first-order valence-corrected chi connectivity index (χ1v) is 10.6. The van der Waals surface area contributed by atoms with Crippen molar-refractivity contribution >= 4 is 29.5 Å². The summed E-state index contributed by atoms with van der Waals surface area (Å²) in [5.74, 6) is 1.07. The van der Waals surface area contributed by atoms with E-state index in [1.54, 1.807) is 11.3 Å². The standard InChI is InChI=1S/C22H27NO3S.ClH/c1-13-3-6-16(7-4-13)26-19-9-8-18(22(19)25)23-12-15-5-10-20-17(21(15)24)11-14(2)27-20;/h3-4,6-7,11,15,18-19,22-23,25H,5,8-10,12H2,1-2H3;1H/t15?,18-,19-,22-;/m1./s1. The molecule has 4 rings (SSSR count). The van der Waals surface area contributed by atoms with Crippen LogP contribution in [0.4, 0.5) is 0 Å². The number of rotatable bonds is 5. The summed E-state index contributed by atoms with van der Waals surface area (Å²) in [5, 5.41) is 14.1. The molecule has 2 N–H and O–H groups in total. The molecule has 2 aromatic rings. The Hall–Kier alpha value is -1.40. The smallest absolute Gasteiger partial charge is 0.168 e. The third kappa shape index (κ3) is 4.43. The van der Waals surface area contributed by atoms with Gasteiger partial charge in [-0.1, -0.05) is 17.7 Å². The van der Waals surface area contributed by atoms with Gasteiger partial charge < -0.3 is 15.2 Å². The maximum absolute atomic E-state index is 12.7. The number of fused-ring (bicyclic) bond motifs is 1. The van der Waals surface area contributed by atoms with Crippen LogP contribution >= 0.6 is 23.7 Å². The number of benzene rings is 1. The molecule has 0 radical (unpaired) electrons. The summed E-state index contributed by atoms with van der Waals surface area (Å²) < 4.78 is 5.98. The topological polar surface area (TPSA) is 58.6 Å². The number of carbonyl (C=O) groups is 1. The van der Waals surface area contributed by atoms with Crippen LogP contribution in [0.2, 0.25) is 0 Å². The zero-order valence-electron chi connectivity index (χ0n) is 16.3. The van der Waals surface area contributed by atoms with Gasteiger partial charge in [-0.05, 0) is 57.7 Å². The molecule has 152 valence electrons. The molecule has 2 aliphatic carbocycles. The van der Waals surface area contributed by atoms with Gasteiger partial charge in [0.25, 0.3) is 0 Å². The number of ether oxygens (including phenoxy) is 1. The van der Waals surface area contributed by atoms with E-state index in [1.165, 1.54) is 15.3 Å². The number of thiophene rings is 1. The van der Waals surface area contributed by atoms with Crippen molar-refractivity contribution in [1.29, 1.82) is 0 Å². The SMILES string of the molecule is Cc1ccc(O[C@@H]2CC[C@@H](NCC3CCc4sc(C)cc4C3=O)[C@H]2O)cc1.Cl. The Morgan fingerprint density at radius 1 is 1.18 bits per heavy atom. The van der Waals surface area contributed by atoms with Crippen molar-refractivity contribution in [2.45, 2.75) is 57.8 Å². The lowest BCUT2D eigenvalue weighted by Gasteiger charge is -2.25. The second-order valence-corrected chi connectivity index (χ2v) is 9.19. The highest BCUT2D eigenvalue weighted by Gasteiger charge is 2.37. The number of ketones is 1. The molecule has 4 atom stereocenters. The van der Waals surface area contributed by atoms with E-state index >= 15 is 0 Å². The zero-order chi connectivity index (χ0) is 19.0. The highest BCUT2D eigenvalue weighted by atomic mass is 35.5. The van der Waals surface area contributed by atoms with Crippen LogP contribution in [0.25, 0.3) is 0 Å². The largest absolute Gasteiger partial charge is 0.488 e. The van der Waals surface area contributed by atoms with Crippen LogP contribution in [0.5, 0.6) is 5.75 Å². The van der Waals surface area contributed by atoms with Crippen molar-refractivity contribution in [3.05, 3.63) is 51.2 Å². The van der Waals surface area contributed by atoms with Gasteiger partial charge in [-0.25, -0.2) is 0 Å². The number of hydrogen-bond acceptors (Lipinski definition) is 5. The minimum Gasteiger partial charge on any atom is -0.488 e. The maximum Gasteiger partial charge on any atom is 0.168 e. The van der Waals surface area contributed by atoms with Gasteiger partial charge in [0, 0.05) is 33.8 Å². The molecule has 0 spiro atoms. The first-order valence-electron chi connectivity index (χ1n) is 9.79. The average Bonchev–Trinajstić information content (AvgIpc) is 3.20. The van der Waals surface area contributed by atoms with Crippen LogP contribution in [0.3, 0.4) is 0 Å². The summed E-state index contributed by atoms with van der Waals surface area (Å²) >= 11 is 1.74. The van der Waals surface area contributed by atoms with Crippen LogP contribution < -0.4 is 10.1 Å². The Labute approximate surface area is 176 Å². The maximum atomic E-state index is 12.7. The summed E-state index contributed by atoms with van der Waals surface area (Å²) in [6.07, 6.45) is 2.81. The molecular formula is C22H28ClNO3S. The summed E-state index contributed by atoms with van der Waals surface area (Å²) in [7, 11) is 0. The van der Waals surface area contributed by atoms with Crippen molar-refractivity contribution in [2.24, 2.45) is 5.92 Å². The molecule has 1 unspecified atom stereocenters. The number of carbonyl (C=O) groups excluding carboxylic acids is 1. The fraction of sp³-hybridized carbons (Fsp3) is 0.500. The van der Waals surface area contributed by atoms with Gasteiger partial charge in [0.2, 0.25) is 0 Å². The normalized spacial score (nSPS) is 26.6. The van der Waals surface area contributed by atoms with Gasteiger partial charge in [-0.3, -0.25) is 4.79 Å². The predicted octanol–water partition coefficient (Wildman–Crippen LogP) is 4.09. The quantitative estimate of drug-likeness (QED) is 0.763. The molecule has 6 heteroatoms. The van der Waals surface area contributed by atoms with E-state index in [9.17, 15) is 9.90 Å². The van der Waals surface area contributed by atoms with Crippen molar-refractivity contribution in [2.75, 3.05) is 6.54 Å². The van der Waals surface area contributed by atoms with Gasteiger partial charge in [0.15, 0.2) is 5.78 Å². The number of halogens is 1. The summed E-state index contributed by atoms with van der Waals surface area (Å²) in [6, 6.07) is 9.94. The van der Waals surface area contributed by atoms with Gasteiger partial charge in [-0.2, -0.15) is 0 Å². The van der Waals surface area contributed by atoms with Crippen LogP contribution in [0.1, 0.15) is 44.9 Å². The highest BCUT2D eigenvalue weighted by Crippen LogP contribution is 2.32. The number of aliphatic hydroxyl groups excluding tert-OH is 1. The molecule has 1 heterocycles. The number of aryl methyl sites for hydroxylation is 3. The summed E-state index contributed by atoms with van der Waals surface area (Å²) in [6.45, 7) is 4.74. The lowest BCUT2D eigenvalue weighted by atomic mass is 9.87. The van der Waals surface area contributed by atoms with Crippen molar-refractivity contribution < 1.29 is 14.6 Å². The van der Waals surface area contributed by atoms with Gasteiger partial charge in [0.05, 0.1) is 0 Å². The Morgan fingerprint density at radius 3 is 2.68 bits per heavy atom. The second-order valence-electron chi connectivity index (χ2n) is 7.85. The molecule has 28 heavy (non-hydrogen) atoms. The number of nitrogens with one attached hydrogen (secondary N) is 1. The number of Topliss-reactive ketones (excluding diaryl/α,β-unsaturated/α-hetero) is 1. The molecular weight excluding hydrogens is 394 g/mol. The number of aliphatic hydroxyl groups is 1.